The molecule has 3 nitrogen and oxygen atoms in total. The fourth-order valence-corrected chi connectivity index (χ4v) is 2.84. The zero-order valence-electron chi connectivity index (χ0n) is 11.7. The van der Waals surface area contributed by atoms with E-state index in [2.05, 4.69) is 31.2 Å². The van der Waals surface area contributed by atoms with Gasteiger partial charge in [-0.3, -0.25) is 4.90 Å². The van der Waals surface area contributed by atoms with Crippen LogP contribution in [0.1, 0.15) is 18.5 Å². The number of hydrogen-bond donors (Lipinski definition) is 1. The van der Waals surface area contributed by atoms with E-state index in [1.165, 1.54) is 0 Å². The molecule has 0 bridgehead atoms. The molecule has 2 N–H and O–H groups in total. The zero-order valence-corrected chi connectivity index (χ0v) is 12.5. The number of nitrogens with zero attached hydrogens (tertiary/aromatic N) is 1. The van der Waals surface area contributed by atoms with Crippen LogP contribution in [-0.4, -0.2) is 43.7 Å². The van der Waals surface area contributed by atoms with E-state index in [-0.39, 0.29) is 6.04 Å². The highest BCUT2D eigenvalue weighted by atomic mass is 32.2. The monoisotopic (exact) mass is 268 g/mol. The minimum absolute atomic E-state index is 0.197. The van der Waals surface area contributed by atoms with Crippen LogP contribution in [0.25, 0.3) is 0 Å². The first-order chi connectivity index (χ1) is 8.65. The number of nitrogens with two attached hydrogens (primary N) is 1. The standard InChI is InChI=1S/C14H24N2OS/c1-11(10-18-4)16(2)13(9-15)12-7-5-6-8-14(12)17-3/h5-8,11,13H,9-10,15H2,1-4H3. The van der Waals surface area contributed by atoms with Gasteiger partial charge in [0.25, 0.3) is 0 Å². The first-order valence-electron chi connectivity index (χ1n) is 6.19. The molecular weight excluding hydrogens is 244 g/mol. The summed E-state index contributed by atoms with van der Waals surface area (Å²) in [5.74, 6) is 2.01. The second-order valence-electron chi connectivity index (χ2n) is 4.46. The van der Waals surface area contributed by atoms with Crippen molar-refractivity contribution in [2.24, 2.45) is 5.73 Å². The van der Waals surface area contributed by atoms with Crippen molar-refractivity contribution in [1.29, 1.82) is 0 Å². The quantitative estimate of drug-likeness (QED) is 0.824. The molecule has 0 radical (unpaired) electrons. The maximum absolute atomic E-state index is 5.96. The fourth-order valence-electron chi connectivity index (χ4n) is 2.12. The predicted octanol–water partition coefficient (Wildman–Crippen LogP) is 2.38. The Balaban J connectivity index is 2.94. The third-order valence-corrected chi connectivity index (χ3v) is 4.13. The van der Waals surface area contributed by atoms with Gasteiger partial charge < -0.3 is 10.5 Å². The summed E-state index contributed by atoms with van der Waals surface area (Å²) in [6.07, 6.45) is 2.13. The van der Waals surface area contributed by atoms with E-state index in [9.17, 15) is 0 Å². The van der Waals surface area contributed by atoms with Crippen LogP contribution < -0.4 is 10.5 Å². The lowest BCUT2D eigenvalue weighted by molar-refractivity contribution is 0.200. The Morgan fingerprint density at radius 1 is 1.39 bits per heavy atom. The number of ether oxygens (including phenoxy) is 1. The van der Waals surface area contributed by atoms with Gasteiger partial charge in [0.15, 0.2) is 0 Å². The Kier molecular flexibility index (Phi) is 6.54. The van der Waals surface area contributed by atoms with Crippen molar-refractivity contribution in [2.45, 2.75) is 19.0 Å². The number of methoxy groups -OCH3 is 1. The number of para-hydroxylation sites is 1. The second-order valence-corrected chi connectivity index (χ2v) is 5.37. The molecule has 18 heavy (non-hydrogen) atoms. The van der Waals surface area contributed by atoms with E-state index in [4.69, 9.17) is 10.5 Å². The summed E-state index contributed by atoms with van der Waals surface area (Å²) in [6, 6.07) is 8.79. The third kappa shape index (κ3) is 3.64. The lowest BCUT2D eigenvalue weighted by atomic mass is 10.0. The molecule has 0 amide bonds. The molecule has 0 saturated heterocycles. The van der Waals surface area contributed by atoms with Crippen LogP contribution in [0.3, 0.4) is 0 Å². The van der Waals surface area contributed by atoms with Crippen LogP contribution in [0.5, 0.6) is 5.75 Å². The van der Waals surface area contributed by atoms with Gasteiger partial charge in [0, 0.05) is 23.9 Å². The fraction of sp³-hybridized carbons (Fsp3) is 0.571. The summed E-state index contributed by atoms with van der Waals surface area (Å²) in [6.45, 7) is 2.82. The van der Waals surface area contributed by atoms with Crippen LogP contribution >= 0.6 is 11.8 Å². The number of rotatable bonds is 7. The molecule has 0 spiro atoms. The molecule has 0 saturated carbocycles. The molecule has 2 unspecified atom stereocenters. The van der Waals surface area contributed by atoms with Crippen LogP contribution in [0.2, 0.25) is 0 Å². The van der Waals surface area contributed by atoms with E-state index in [0.29, 0.717) is 12.6 Å². The number of likely N-dealkylation sites (N-methyl/N-ethyl adjacent to an activating group) is 1. The molecule has 0 aliphatic heterocycles. The zero-order chi connectivity index (χ0) is 13.5. The van der Waals surface area contributed by atoms with Gasteiger partial charge in [0.2, 0.25) is 0 Å². The minimum Gasteiger partial charge on any atom is -0.496 e. The normalized spacial score (nSPS) is 14.6. The van der Waals surface area contributed by atoms with Crippen molar-refractivity contribution in [2.75, 3.05) is 32.7 Å². The Morgan fingerprint density at radius 2 is 2.06 bits per heavy atom. The second kappa shape index (κ2) is 7.67. The molecule has 1 aromatic carbocycles. The minimum atomic E-state index is 0.197. The summed E-state index contributed by atoms with van der Waals surface area (Å²) in [7, 11) is 3.84. The van der Waals surface area contributed by atoms with Crippen LogP contribution in [0, 0.1) is 0 Å². The molecule has 2 atom stereocenters. The van der Waals surface area contributed by atoms with Crippen LogP contribution in [0.15, 0.2) is 24.3 Å². The summed E-state index contributed by atoms with van der Waals surface area (Å²) >= 11 is 1.86. The Bertz CT molecular complexity index is 359. The number of hydrogen-bond acceptors (Lipinski definition) is 4. The van der Waals surface area contributed by atoms with E-state index in [1.54, 1.807) is 7.11 Å². The van der Waals surface area contributed by atoms with Gasteiger partial charge in [-0.15, -0.1) is 0 Å². The number of thioether (sulfide) groups is 1. The van der Waals surface area contributed by atoms with Gasteiger partial charge in [0.1, 0.15) is 5.75 Å². The summed E-state index contributed by atoms with van der Waals surface area (Å²) in [5, 5.41) is 0. The molecule has 1 aromatic rings. The molecule has 0 aromatic heterocycles. The average Bonchev–Trinajstić information content (AvgIpc) is 2.40. The van der Waals surface area contributed by atoms with Gasteiger partial charge in [-0.05, 0) is 26.3 Å². The van der Waals surface area contributed by atoms with Crippen molar-refractivity contribution in [3.8, 4) is 5.75 Å². The van der Waals surface area contributed by atoms with Gasteiger partial charge in [-0.25, -0.2) is 0 Å². The van der Waals surface area contributed by atoms with E-state index < -0.39 is 0 Å². The summed E-state index contributed by atoms with van der Waals surface area (Å²) in [4.78, 5) is 2.33. The van der Waals surface area contributed by atoms with Gasteiger partial charge in [-0.1, -0.05) is 18.2 Å². The lowest BCUT2D eigenvalue weighted by Crippen LogP contribution is -2.38. The average molecular weight is 268 g/mol. The largest absolute Gasteiger partial charge is 0.496 e. The lowest BCUT2D eigenvalue weighted by Gasteiger charge is -2.33. The molecule has 1 rings (SSSR count). The SMILES string of the molecule is COc1ccccc1C(CN)N(C)C(C)CSC. The van der Waals surface area contributed by atoms with Crippen molar-refractivity contribution in [3.63, 3.8) is 0 Å². The van der Waals surface area contributed by atoms with Crippen molar-refractivity contribution in [3.05, 3.63) is 29.8 Å². The van der Waals surface area contributed by atoms with E-state index in [0.717, 1.165) is 17.1 Å². The molecule has 102 valence electrons. The molecule has 0 fully saturated rings. The van der Waals surface area contributed by atoms with Crippen LogP contribution in [-0.2, 0) is 0 Å². The van der Waals surface area contributed by atoms with Crippen molar-refractivity contribution in [1.82, 2.24) is 4.90 Å². The molecular formula is C14H24N2OS. The summed E-state index contributed by atoms with van der Waals surface area (Å²) < 4.78 is 5.43. The van der Waals surface area contributed by atoms with E-state index >= 15 is 0 Å². The van der Waals surface area contributed by atoms with Crippen molar-refractivity contribution < 1.29 is 4.74 Å². The van der Waals surface area contributed by atoms with E-state index in [1.807, 2.05) is 30.0 Å². The maximum Gasteiger partial charge on any atom is 0.123 e. The topological polar surface area (TPSA) is 38.5 Å². The smallest absolute Gasteiger partial charge is 0.123 e. The predicted molar refractivity (Wildman–Crippen MR) is 80.4 cm³/mol. The first kappa shape index (κ1) is 15.3. The highest BCUT2D eigenvalue weighted by molar-refractivity contribution is 7.98. The van der Waals surface area contributed by atoms with Gasteiger partial charge in [0.05, 0.1) is 13.2 Å². The Morgan fingerprint density at radius 3 is 2.61 bits per heavy atom. The molecule has 0 aliphatic carbocycles. The molecule has 0 aliphatic rings. The highest BCUT2D eigenvalue weighted by Gasteiger charge is 2.22. The van der Waals surface area contributed by atoms with Gasteiger partial charge in [-0.2, -0.15) is 11.8 Å². The first-order valence-corrected chi connectivity index (χ1v) is 7.58. The van der Waals surface area contributed by atoms with Gasteiger partial charge >= 0.3 is 0 Å². The summed E-state index contributed by atoms with van der Waals surface area (Å²) in [5.41, 5.74) is 7.12. The number of benzene rings is 1. The molecule has 4 heteroatoms. The van der Waals surface area contributed by atoms with Crippen LogP contribution in [0.4, 0.5) is 0 Å². The maximum atomic E-state index is 5.96. The Hall–Kier alpha value is -0.710. The molecule has 0 heterocycles. The highest BCUT2D eigenvalue weighted by Crippen LogP contribution is 2.29. The Labute approximate surface area is 115 Å². The third-order valence-electron chi connectivity index (χ3n) is 3.32. The van der Waals surface area contributed by atoms with Crippen molar-refractivity contribution >= 4 is 11.8 Å².